The first kappa shape index (κ1) is 24.4. The zero-order valence-electron chi connectivity index (χ0n) is 19.4. The van der Waals surface area contributed by atoms with Crippen LogP contribution in [0.3, 0.4) is 0 Å². The second-order valence-electron chi connectivity index (χ2n) is 9.85. The number of hydrogen-bond donors (Lipinski definition) is 1. The molecule has 6 nitrogen and oxygen atoms in total. The number of halogens is 1. The first-order chi connectivity index (χ1) is 16.3. The van der Waals surface area contributed by atoms with Crippen LogP contribution < -0.4 is 14.9 Å². The van der Waals surface area contributed by atoms with Crippen LogP contribution in [0, 0.1) is 26.7 Å². The van der Waals surface area contributed by atoms with Gasteiger partial charge in [-0.3, -0.25) is 15.0 Å². The van der Waals surface area contributed by atoms with Gasteiger partial charge in [0.25, 0.3) is 5.91 Å². The minimum absolute atomic E-state index is 0.0293. The second kappa shape index (κ2) is 9.61. The molecule has 2 amide bonds. The van der Waals surface area contributed by atoms with Gasteiger partial charge in [-0.25, -0.2) is 0 Å². The van der Waals surface area contributed by atoms with Crippen LogP contribution in [-0.2, 0) is 9.59 Å². The van der Waals surface area contributed by atoms with Crippen LogP contribution in [0.5, 0.6) is 11.5 Å². The van der Waals surface area contributed by atoms with E-state index in [1.807, 2.05) is 26.0 Å². The van der Waals surface area contributed by atoms with Gasteiger partial charge in [-0.05, 0) is 129 Å². The molecule has 5 aliphatic rings. The smallest absolute Gasteiger partial charge is 0.285 e. The third-order valence-electron chi connectivity index (χ3n) is 7.45. The number of benzene rings is 1. The summed E-state index contributed by atoms with van der Waals surface area (Å²) in [5.41, 5.74) is 3.41. The molecular formula is C25H29IN2O4S2. The Labute approximate surface area is 223 Å². The van der Waals surface area contributed by atoms with Crippen LogP contribution in [-0.4, -0.2) is 34.4 Å². The molecule has 0 atom stereocenters. The molecule has 1 aromatic rings. The van der Waals surface area contributed by atoms with Gasteiger partial charge in [0.1, 0.15) is 0 Å². The summed E-state index contributed by atoms with van der Waals surface area (Å²) in [5, 5.41) is 1.27. The summed E-state index contributed by atoms with van der Waals surface area (Å²) in [5.74, 6) is 3.01. The zero-order valence-corrected chi connectivity index (χ0v) is 23.2. The molecule has 1 saturated heterocycles. The van der Waals surface area contributed by atoms with Gasteiger partial charge in [-0.1, -0.05) is 11.8 Å². The molecule has 182 valence electrons. The average Bonchev–Trinajstić information content (AvgIpc) is 3.02. The Kier molecular flexibility index (Phi) is 6.89. The van der Waals surface area contributed by atoms with Crippen LogP contribution in [0.25, 0.3) is 6.08 Å². The Hall–Kier alpha value is -1.33. The van der Waals surface area contributed by atoms with Gasteiger partial charge in [0.2, 0.25) is 5.91 Å². The molecule has 1 N–H and O–H groups in total. The molecule has 34 heavy (non-hydrogen) atoms. The number of thiocarbonyl (C=S) groups is 1. The van der Waals surface area contributed by atoms with Crippen molar-refractivity contribution in [3.63, 3.8) is 0 Å². The van der Waals surface area contributed by atoms with Gasteiger partial charge < -0.3 is 9.47 Å². The summed E-state index contributed by atoms with van der Waals surface area (Å²) >= 11 is 8.92. The number of thioether (sulfide) groups is 1. The highest BCUT2D eigenvalue weighted by atomic mass is 127. The molecule has 4 bridgehead atoms. The molecule has 6 rings (SSSR count). The van der Waals surface area contributed by atoms with Gasteiger partial charge in [0.05, 0.1) is 27.1 Å². The molecule has 0 radical (unpaired) electrons. The number of ether oxygens (including phenoxy) is 2. The van der Waals surface area contributed by atoms with E-state index in [1.165, 1.54) is 36.0 Å². The quantitative estimate of drug-likeness (QED) is 0.248. The molecule has 5 fully saturated rings. The number of nitrogens with zero attached hydrogens (tertiary/aromatic N) is 1. The van der Waals surface area contributed by atoms with Crippen LogP contribution >= 0.6 is 46.6 Å². The maximum absolute atomic E-state index is 13.4. The summed E-state index contributed by atoms with van der Waals surface area (Å²) in [6, 6.07) is 3.83. The molecule has 1 heterocycles. The number of carbonyl (C=O) groups excluding carboxylic acids is 2. The van der Waals surface area contributed by atoms with E-state index in [0.29, 0.717) is 51.7 Å². The van der Waals surface area contributed by atoms with Gasteiger partial charge in [-0.15, -0.1) is 0 Å². The summed E-state index contributed by atoms with van der Waals surface area (Å²) in [6.07, 6.45) is 8.43. The van der Waals surface area contributed by atoms with Crippen LogP contribution in [0.2, 0.25) is 0 Å². The van der Waals surface area contributed by atoms with Gasteiger partial charge in [-0.2, -0.15) is 5.01 Å². The predicted molar refractivity (Wildman–Crippen MR) is 145 cm³/mol. The Morgan fingerprint density at radius 1 is 1.18 bits per heavy atom. The Bertz CT molecular complexity index is 1040. The summed E-state index contributed by atoms with van der Waals surface area (Å²) < 4.78 is 12.8. The molecule has 0 spiro atoms. The number of rotatable bonds is 7. The highest BCUT2D eigenvalue weighted by molar-refractivity contribution is 14.1. The second-order valence-corrected chi connectivity index (χ2v) is 12.7. The number of nitrogens with one attached hydrogen (secondary N) is 1. The van der Waals surface area contributed by atoms with Crippen molar-refractivity contribution in [2.75, 3.05) is 13.2 Å². The SMILES string of the molecule is CCOc1cc(/C=C2/SC(=S)N(NC(=O)C34CC5CC(CC(C5)C3)C4)C2=O)cc(I)c1OCC. The summed E-state index contributed by atoms with van der Waals surface area (Å²) in [6.45, 7) is 4.91. The van der Waals surface area contributed by atoms with Crippen molar-refractivity contribution < 1.29 is 19.1 Å². The lowest BCUT2D eigenvalue weighted by atomic mass is 9.49. The fourth-order valence-corrected chi connectivity index (χ4v) is 8.50. The lowest BCUT2D eigenvalue weighted by Gasteiger charge is -2.55. The van der Waals surface area contributed by atoms with Crippen molar-refractivity contribution in [1.82, 2.24) is 10.4 Å². The lowest BCUT2D eigenvalue weighted by molar-refractivity contribution is -0.152. The number of amides is 2. The molecular weight excluding hydrogens is 583 g/mol. The van der Waals surface area contributed by atoms with E-state index in [2.05, 4.69) is 28.0 Å². The van der Waals surface area contributed by atoms with Crippen molar-refractivity contribution in [2.24, 2.45) is 23.2 Å². The van der Waals surface area contributed by atoms with Crippen molar-refractivity contribution in [1.29, 1.82) is 0 Å². The van der Waals surface area contributed by atoms with Crippen LogP contribution in [0.1, 0.15) is 57.9 Å². The molecule has 1 aliphatic heterocycles. The average molecular weight is 613 g/mol. The van der Waals surface area contributed by atoms with Gasteiger partial charge in [0, 0.05) is 0 Å². The largest absolute Gasteiger partial charge is 0.490 e. The number of carbonyl (C=O) groups is 2. The molecule has 4 aliphatic carbocycles. The zero-order chi connectivity index (χ0) is 24.0. The third-order valence-corrected chi connectivity index (χ3v) is 9.55. The highest BCUT2D eigenvalue weighted by Crippen LogP contribution is 2.60. The first-order valence-electron chi connectivity index (χ1n) is 12.0. The lowest BCUT2D eigenvalue weighted by Crippen LogP contribution is -2.57. The van der Waals surface area contributed by atoms with E-state index >= 15 is 0 Å². The van der Waals surface area contributed by atoms with E-state index in [-0.39, 0.29) is 17.2 Å². The van der Waals surface area contributed by atoms with Crippen molar-refractivity contribution in [3.8, 4) is 11.5 Å². The van der Waals surface area contributed by atoms with Crippen LogP contribution in [0.4, 0.5) is 0 Å². The van der Waals surface area contributed by atoms with E-state index in [9.17, 15) is 9.59 Å². The molecule has 1 aromatic carbocycles. The number of hydrogen-bond acceptors (Lipinski definition) is 6. The number of hydrazine groups is 1. The van der Waals surface area contributed by atoms with E-state index < -0.39 is 0 Å². The fraction of sp³-hybridized carbons (Fsp3) is 0.560. The standard InChI is InChI=1S/C25H29IN2O4S2/c1-3-31-19-9-14(8-18(26)21(19)32-4-2)10-20-22(29)28(24(33)34-20)27-23(30)25-11-15-5-16(12-25)7-17(6-15)13-25/h8-10,15-17H,3-7,11-13H2,1-2H3,(H,27,30)/b20-10+. The predicted octanol–water partition coefficient (Wildman–Crippen LogP) is 5.54. The maximum Gasteiger partial charge on any atom is 0.285 e. The van der Waals surface area contributed by atoms with Gasteiger partial charge >= 0.3 is 0 Å². The van der Waals surface area contributed by atoms with Gasteiger partial charge in [0.15, 0.2) is 15.8 Å². The normalized spacial score (nSPS) is 30.9. The monoisotopic (exact) mass is 612 g/mol. The highest BCUT2D eigenvalue weighted by Gasteiger charge is 2.55. The molecule has 0 aromatic heterocycles. The topological polar surface area (TPSA) is 67.9 Å². The van der Waals surface area contributed by atoms with Crippen molar-refractivity contribution in [2.45, 2.75) is 52.4 Å². The first-order valence-corrected chi connectivity index (χ1v) is 14.3. The van der Waals surface area contributed by atoms with E-state index in [0.717, 1.165) is 28.4 Å². The molecule has 4 saturated carbocycles. The fourth-order valence-electron chi connectivity index (χ4n) is 6.54. The van der Waals surface area contributed by atoms with Crippen molar-refractivity contribution in [3.05, 3.63) is 26.2 Å². The Balaban J connectivity index is 1.34. The maximum atomic E-state index is 13.4. The minimum Gasteiger partial charge on any atom is -0.490 e. The van der Waals surface area contributed by atoms with Crippen molar-refractivity contribution >= 4 is 68.8 Å². The molecule has 0 unspecified atom stereocenters. The third kappa shape index (κ3) is 4.48. The summed E-state index contributed by atoms with van der Waals surface area (Å²) in [4.78, 5) is 27.2. The van der Waals surface area contributed by atoms with E-state index in [4.69, 9.17) is 21.7 Å². The Morgan fingerprint density at radius 2 is 1.79 bits per heavy atom. The molecule has 9 heteroatoms. The van der Waals surface area contributed by atoms with Crippen LogP contribution in [0.15, 0.2) is 17.0 Å². The minimum atomic E-state index is -0.334. The summed E-state index contributed by atoms with van der Waals surface area (Å²) in [7, 11) is 0. The Morgan fingerprint density at radius 3 is 2.38 bits per heavy atom. The van der Waals surface area contributed by atoms with E-state index in [1.54, 1.807) is 6.08 Å².